The van der Waals surface area contributed by atoms with Gasteiger partial charge in [-0.15, -0.1) is 0 Å². The van der Waals surface area contributed by atoms with Crippen molar-refractivity contribution < 1.29 is 9.59 Å². The summed E-state index contributed by atoms with van der Waals surface area (Å²) in [6.45, 7) is 6.22. The highest BCUT2D eigenvalue weighted by Crippen LogP contribution is 2.30. The molecule has 0 aliphatic carbocycles. The van der Waals surface area contributed by atoms with Gasteiger partial charge in [0, 0.05) is 22.5 Å². The summed E-state index contributed by atoms with van der Waals surface area (Å²) in [5.41, 5.74) is 1.55. The third-order valence-corrected chi connectivity index (χ3v) is 5.10. The van der Waals surface area contributed by atoms with Crippen LogP contribution in [0.1, 0.15) is 39.3 Å². The monoisotopic (exact) mass is 377 g/mol. The quantitative estimate of drug-likeness (QED) is 0.870. The average Bonchev–Trinajstić information content (AvgIpc) is 3.15. The number of anilines is 2. The lowest BCUT2D eigenvalue weighted by Gasteiger charge is -2.24. The Morgan fingerprint density at radius 3 is 2.60 bits per heavy atom. The summed E-state index contributed by atoms with van der Waals surface area (Å²) in [6.07, 6.45) is 0.856. The molecular weight excluding hydrogens is 358 g/mol. The summed E-state index contributed by atoms with van der Waals surface area (Å²) in [6, 6.07) is 8.33. The summed E-state index contributed by atoms with van der Waals surface area (Å²) in [7, 11) is 0. The Bertz CT molecular complexity index is 795. The van der Waals surface area contributed by atoms with Gasteiger partial charge in [-0.1, -0.05) is 32.4 Å². The van der Waals surface area contributed by atoms with Crippen LogP contribution in [0.4, 0.5) is 10.7 Å². The fraction of sp³-hybridized carbons (Fsp3) is 0.389. The Balaban J connectivity index is 1.77. The normalized spacial score (nSPS) is 17.8. The van der Waals surface area contributed by atoms with E-state index in [-0.39, 0.29) is 17.2 Å². The molecule has 1 N–H and O–H groups in total. The van der Waals surface area contributed by atoms with E-state index in [1.807, 2.05) is 6.07 Å². The van der Waals surface area contributed by atoms with Crippen LogP contribution in [0, 0.1) is 0 Å². The molecular formula is C18H20ClN3O2S. The number of nitrogens with zero attached hydrogens (tertiary/aromatic N) is 2. The Morgan fingerprint density at radius 1 is 1.32 bits per heavy atom. The Labute approximate surface area is 156 Å². The number of rotatable bonds is 3. The summed E-state index contributed by atoms with van der Waals surface area (Å²) in [4.78, 5) is 26.5. The minimum Gasteiger partial charge on any atom is -0.315 e. The van der Waals surface area contributed by atoms with E-state index in [9.17, 15) is 9.59 Å². The third kappa shape index (κ3) is 3.85. The van der Waals surface area contributed by atoms with Crippen LogP contribution in [0.15, 0.2) is 30.3 Å². The second-order valence-electron chi connectivity index (χ2n) is 7.11. The first-order valence-corrected chi connectivity index (χ1v) is 9.26. The predicted octanol–water partition coefficient (Wildman–Crippen LogP) is 4.23. The fourth-order valence-corrected chi connectivity index (χ4v) is 3.71. The molecule has 1 unspecified atom stereocenters. The number of carbonyl (C=O) groups is 2. The minimum absolute atomic E-state index is 0.0536. The first-order valence-electron chi connectivity index (χ1n) is 8.11. The highest BCUT2D eigenvalue weighted by Gasteiger charge is 2.37. The molecule has 1 saturated heterocycles. The van der Waals surface area contributed by atoms with Gasteiger partial charge in [0.1, 0.15) is 11.0 Å². The Morgan fingerprint density at radius 2 is 2.00 bits per heavy atom. The van der Waals surface area contributed by atoms with Crippen molar-refractivity contribution in [2.24, 2.45) is 0 Å². The van der Waals surface area contributed by atoms with E-state index in [1.54, 1.807) is 29.2 Å². The molecule has 1 aromatic heterocycles. The molecule has 25 heavy (non-hydrogen) atoms. The van der Waals surface area contributed by atoms with E-state index in [0.717, 1.165) is 5.69 Å². The SMILES string of the molecule is CC(C)(C)c1cc(NC(=O)C2CCC(=O)N2c2ccc(Cl)cc2)sn1. The molecule has 0 saturated carbocycles. The number of nitrogens with one attached hydrogen (secondary N) is 1. The Kier molecular flexibility index (Phi) is 4.84. The maximum Gasteiger partial charge on any atom is 0.248 e. The number of carbonyl (C=O) groups excluding carboxylic acids is 2. The minimum atomic E-state index is -0.520. The van der Waals surface area contributed by atoms with Gasteiger partial charge < -0.3 is 5.32 Å². The second-order valence-corrected chi connectivity index (χ2v) is 8.35. The van der Waals surface area contributed by atoms with Crippen molar-refractivity contribution in [3.63, 3.8) is 0 Å². The maximum atomic E-state index is 12.7. The van der Waals surface area contributed by atoms with Gasteiger partial charge in [0.2, 0.25) is 11.8 Å². The van der Waals surface area contributed by atoms with Gasteiger partial charge in [0.25, 0.3) is 0 Å². The van der Waals surface area contributed by atoms with Crippen LogP contribution >= 0.6 is 23.1 Å². The Hall–Kier alpha value is -1.92. The topological polar surface area (TPSA) is 62.3 Å². The van der Waals surface area contributed by atoms with Crippen molar-refractivity contribution in [2.75, 3.05) is 10.2 Å². The number of amides is 2. The van der Waals surface area contributed by atoms with Crippen molar-refractivity contribution in [3.8, 4) is 0 Å². The summed E-state index contributed by atoms with van der Waals surface area (Å²) in [5.74, 6) is -0.243. The molecule has 0 bridgehead atoms. The molecule has 132 valence electrons. The largest absolute Gasteiger partial charge is 0.315 e. The summed E-state index contributed by atoms with van der Waals surface area (Å²) in [5, 5.41) is 4.20. The van der Waals surface area contributed by atoms with E-state index < -0.39 is 6.04 Å². The standard InChI is InChI=1S/C18H20ClN3O2S/c1-18(2,3)14-10-15(25-21-14)20-17(24)13-8-9-16(23)22(13)12-6-4-11(19)5-7-12/h4-7,10,13H,8-9H2,1-3H3,(H,20,24). The summed E-state index contributed by atoms with van der Waals surface area (Å²) >= 11 is 7.17. The molecule has 0 radical (unpaired) electrons. The van der Waals surface area contributed by atoms with Crippen molar-refractivity contribution in [2.45, 2.75) is 45.1 Å². The molecule has 1 fully saturated rings. The lowest BCUT2D eigenvalue weighted by Crippen LogP contribution is -2.41. The first kappa shape index (κ1) is 17.9. The predicted molar refractivity (Wildman–Crippen MR) is 101 cm³/mol. The van der Waals surface area contributed by atoms with Crippen LogP contribution in [0.3, 0.4) is 0 Å². The van der Waals surface area contributed by atoms with Crippen LogP contribution in [0.5, 0.6) is 0 Å². The molecule has 0 spiro atoms. The van der Waals surface area contributed by atoms with Crippen LogP contribution in [0.2, 0.25) is 5.02 Å². The first-order chi connectivity index (χ1) is 11.8. The second kappa shape index (κ2) is 6.77. The molecule has 2 aromatic rings. The molecule has 1 aliphatic heterocycles. The number of halogens is 1. The zero-order valence-electron chi connectivity index (χ0n) is 14.4. The van der Waals surface area contributed by atoms with Crippen LogP contribution < -0.4 is 10.2 Å². The number of hydrogen-bond donors (Lipinski definition) is 1. The molecule has 1 atom stereocenters. The number of benzene rings is 1. The van der Waals surface area contributed by atoms with Crippen LogP contribution in [0.25, 0.3) is 0 Å². The maximum absolute atomic E-state index is 12.7. The zero-order valence-corrected chi connectivity index (χ0v) is 15.9. The van der Waals surface area contributed by atoms with Gasteiger partial charge in [-0.05, 0) is 48.3 Å². The van der Waals surface area contributed by atoms with Crippen molar-refractivity contribution in [3.05, 3.63) is 41.0 Å². The molecule has 2 amide bonds. The van der Waals surface area contributed by atoms with Gasteiger partial charge in [-0.25, -0.2) is 0 Å². The van der Waals surface area contributed by atoms with E-state index in [4.69, 9.17) is 11.6 Å². The molecule has 1 aromatic carbocycles. The highest BCUT2D eigenvalue weighted by atomic mass is 35.5. The smallest absolute Gasteiger partial charge is 0.248 e. The molecule has 3 rings (SSSR count). The lowest BCUT2D eigenvalue weighted by atomic mass is 9.92. The molecule has 2 heterocycles. The lowest BCUT2D eigenvalue weighted by molar-refractivity contribution is -0.120. The van der Waals surface area contributed by atoms with E-state index >= 15 is 0 Å². The van der Waals surface area contributed by atoms with E-state index in [1.165, 1.54) is 11.5 Å². The van der Waals surface area contributed by atoms with Gasteiger partial charge in [0.15, 0.2) is 0 Å². The van der Waals surface area contributed by atoms with Gasteiger partial charge in [-0.3, -0.25) is 14.5 Å². The van der Waals surface area contributed by atoms with Crippen LogP contribution in [-0.2, 0) is 15.0 Å². The van der Waals surface area contributed by atoms with Crippen molar-refractivity contribution in [1.29, 1.82) is 0 Å². The van der Waals surface area contributed by atoms with E-state index in [2.05, 4.69) is 30.5 Å². The van der Waals surface area contributed by atoms with Gasteiger partial charge in [-0.2, -0.15) is 4.37 Å². The molecule has 7 heteroatoms. The summed E-state index contributed by atoms with van der Waals surface area (Å²) < 4.78 is 4.40. The van der Waals surface area contributed by atoms with E-state index in [0.29, 0.717) is 28.6 Å². The van der Waals surface area contributed by atoms with Gasteiger partial charge >= 0.3 is 0 Å². The third-order valence-electron chi connectivity index (χ3n) is 4.14. The zero-order chi connectivity index (χ0) is 18.2. The molecule has 1 aliphatic rings. The average molecular weight is 378 g/mol. The number of hydrogen-bond acceptors (Lipinski definition) is 4. The van der Waals surface area contributed by atoms with Crippen molar-refractivity contribution >= 4 is 45.6 Å². The van der Waals surface area contributed by atoms with Crippen molar-refractivity contribution in [1.82, 2.24) is 4.37 Å². The molecule has 5 nitrogen and oxygen atoms in total. The van der Waals surface area contributed by atoms with Gasteiger partial charge in [0.05, 0.1) is 5.69 Å². The number of aromatic nitrogens is 1. The van der Waals surface area contributed by atoms with Crippen LogP contribution in [-0.4, -0.2) is 22.2 Å². The fourth-order valence-electron chi connectivity index (χ4n) is 2.75. The highest BCUT2D eigenvalue weighted by molar-refractivity contribution is 7.10.